The predicted octanol–water partition coefficient (Wildman–Crippen LogP) is 4.49. The van der Waals surface area contributed by atoms with Gasteiger partial charge in [0.25, 0.3) is 0 Å². The summed E-state index contributed by atoms with van der Waals surface area (Å²) < 4.78 is 11.5. The minimum Gasteiger partial charge on any atom is -0.475 e. The molecule has 1 unspecified atom stereocenters. The molecule has 1 aliphatic heterocycles. The van der Waals surface area contributed by atoms with Gasteiger partial charge in [-0.1, -0.05) is 37.6 Å². The molecule has 0 spiro atoms. The molecule has 1 amide bonds. The molecule has 2 aromatic carbocycles. The average molecular weight is 388 g/mol. The van der Waals surface area contributed by atoms with Gasteiger partial charge in [0.05, 0.1) is 12.2 Å². The van der Waals surface area contributed by atoms with Gasteiger partial charge in [-0.05, 0) is 48.2 Å². The van der Waals surface area contributed by atoms with E-state index >= 15 is 0 Å². The third kappa shape index (κ3) is 3.93. The van der Waals surface area contributed by atoms with E-state index in [9.17, 15) is 9.59 Å². The summed E-state index contributed by atoms with van der Waals surface area (Å²) in [5.74, 6) is 0.381. The Morgan fingerprint density at radius 1 is 1.26 bits per heavy atom. The first kappa shape index (κ1) is 19.2. The lowest BCUT2D eigenvalue weighted by molar-refractivity contribution is -0.142. The third-order valence-corrected chi connectivity index (χ3v) is 4.95. The molecule has 142 valence electrons. The summed E-state index contributed by atoms with van der Waals surface area (Å²) >= 11 is 6.22. The molecule has 0 saturated carbocycles. The van der Waals surface area contributed by atoms with Crippen LogP contribution in [0.1, 0.15) is 37.8 Å². The van der Waals surface area contributed by atoms with Crippen LogP contribution in [0.5, 0.6) is 11.5 Å². The summed E-state index contributed by atoms with van der Waals surface area (Å²) in [7, 11) is 0. The van der Waals surface area contributed by atoms with Gasteiger partial charge < -0.3 is 14.4 Å². The molecule has 5 nitrogen and oxygen atoms in total. The molecular weight excluding hydrogens is 366 g/mol. The molecule has 1 atom stereocenters. The molecule has 6 heteroatoms. The molecule has 2 aromatic rings. The number of hydrogen-bond donors (Lipinski definition) is 0. The highest BCUT2D eigenvalue weighted by molar-refractivity contribution is 6.31. The van der Waals surface area contributed by atoms with Crippen LogP contribution in [0, 0.1) is 6.92 Å². The molecule has 3 rings (SSSR count). The number of anilines is 1. The molecule has 1 aliphatic rings. The highest BCUT2D eigenvalue weighted by atomic mass is 35.5. The van der Waals surface area contributed by atoms with Crippen molar-refractivity contribution in [3.63, 3.8) is 0 Å². The number of rotatable bonds is 3. The van der Waals surface area contributed by atoms with E-state index in [-0.39, 0.29) is 18.4 Å². The van der Waals surface area contributed by atoms with E-state index in [1.807, 2.05) is 32.9 Å². The second kappa shape index (κ2) is 7.61. The number of amides is 1. The van der Waals surface area contributed by atoms with Crippen LogP contribution in [0.4, 0.5) is 5.69 Å². The average Bonchev–Trinajstić information content (AvgIpc) is 2.63. The van der Waals surface area contributed by atoms with Crippen molar-refractivity contribution in [2.24, 2.45) is 0 Å². The van der Waals surface area contributed by atoms with Gasteiger partial charge in [0.2, 0.25) is 12.0 Å². The number of nitrogens with zero attached hydrogens (tertiary/aromatic N) is 1. The molecule has 0 bridgehead atoms. The summed E-state index contributed by atoms with van der Waals surface area (Å²) in [5.41, 5.74) is 2.32. The number of fused-ring (bicyclic) bond motifs is 1. The summed E-state index contributed by atoms with van der Waals surface area (Å²) in [6.45, 7) is 7.43. The van der Waals surface area contributed by atoms with E-state index in [1.165, 1.54) is 11.8 Å². The van der Waals surface area contributed by atoms with Crippen molar-refractivity contribution >= 4 is 29.2 Å². The van der Waals surface area contributed by atoms with E-state index < -0.39 is 12.1 Å². The van der Waals surface area contributed by atoms with Gasteiger partial charge >= 0.3 is 5.97 Å². The largest absolute Gasteiger partial charge is 0.475 e. The maximum atomic E-state index is 12.8. The van der Waals surface area contributed by atoms with Crippen molar-refractivity contribution < 1.29 is 19.1 Å². The van der Waals surface area contributed by atoms with Crippen LogP contribution >= 0.6 is 11.6 Å². The number of esters is 1. The first-order valence-electron chi connectivity index (χ1n) is 8.83. The monoisotopic (exact) mass is 387 g/mol. The summed E-state index contributed by atoms with van der Waals surface area (Å²) in [6, 6.07) is 10.7. The zero-order chi connectivity index (χ0) is 19.7. The van der Waals surface area contributed by atoms with Gasteiger partial charge in [0.1, 0.15) is 11.5 Å². The lowest BCUT2D eigenvalue weighted by Crippen LogP contribution is -2.47. The third-order valence-electron chi connectivity index (χ3n) is 4.54. The van der Waals surface area contributed by atoms with E-state index in [0.717, 1.165) is 11.1 Å². The molecule has 0 aromatic heterocycles. The first-order chi connectivity index (χ1) is 12.8. The fraction of sp³-hybridized carbons (Fsp3) is 0.333. The van der Waals surface area contributed by atoms with Gasteiger partial charge in [0, 0.05) is 11.9 Å². The number of aryl methyl sites for hydroxylation is 1. The second-order valence-corrected chi connectivity index (χ2v) is 7.33. The van der Waals surface area contributed by atoms with Crippen molar-refractivity contribution in [2.45, 2.75) is 39.7 Å². The number of para-hydroxylation sites is 2. The van der Waals surface area contributed by atoms with E-state index in [0.29, 0.717) is 22.2 Å². The van der Waals surface area contributed by atoms with Crippen molar-refractivity contribution in [3.05, 3.63) is 52.5 Å². The van der Waals surface area contributed by atoms with Gasteiger partial charge in [-0.3, -0.25) is 4.79 Å². The molecule has 0 fully saturated rings. The van der Waals surface area contributed by atoms with Gasteiger partial charge in [-0.25, -0.2) is 4.79 Å². The Morgan fingerprint density at radius 2 is 1.96 bits per heavy atom. The fourth-order valence-electron chi connectivity index (χ4n) is 3.04. The van der Waals surface area contributed by atoms with Crippen molar-refractivity contribution in [3.8, 4) is 11.5 Å². The molecule has 0 saturated heterocycles. The van der Waals surface area contributed by atoms with Crippen molar-refractivity contribution in [1.82, 2.24) is 0 Å². The van der Waals surface area contributed by atoms with Gasteiger partial charge in [0.15, 0.2) is 0 Å². The number of benzene rings is 2. The van der Waals surface area contributed by atoms with Crippen LogP contribution in [-0.4, -0.2) is 24.5 Å². The molecular formula is C21H22ClNO4. The van der Waals surface area contributed by atoms with Crippen LogP contribution in [0.15, 0.2) is 36.4 Å². The minimum absolute atomic E-state index is 0.106. The minimum atomic E-state index is -0.903. The Bertz CT molecular complexity index is 894. The number of hydrogen-bond acceptors (Lipinski definition) is 4. The summed E-state index contributed by atoms with van der Waals surface area (Å²) in [6.07, 6.45) is -0.903. The quantitative estimate of drug-likeness (QED) is 0.575. The zero-order valence-corrected chi connectivity index (χ0v) is 16.5. The molecule has 0 N–H and O–H groups in total. The summed E-state index contributed by atoms with van der Waals surface area (Å²) in [5, 5.41) is 0.629. The Kier molecular flexibility index (Phi) is 5.42. The molecule has 27 heavy (non-hydrogen) atoms. The van der Waals surface area contributed by atoms with Crippen LogP contribution in [0.3, 0.4) is 0 Å². The topological polar surface area (TPSA) is 55.8 Å². The Balaban J connectivity index is 1.88. The first-order valence-corrected chi connectivity index (χ1v) is 9.21. The number of ether oxygens (including phenoxy) is 2. The SMILES string of the molecule is CC(=O)N1CC(C(=O)Oc2cc(C)c(Cl)cc2C(C)C)Oc2ccccc21. The van der Waals surface area contributed by atoms with E-state index in [1.54, 1.807) is 24.3 Å². The Hall–Kier alpha value is -2.53. The lowest BCUT2D eigenvalue weighted by atomic mass is 10.0. The maximum Gasteiger partial charge on any atom is 0.354 e. The number of carbonyl (C=O) groups is 2. The summed E-state index contributed by atoms with van der Waals surface area (Å²) in [4.78, 5) is 26.3. The van der Waals surface area contributed by atoms with E-state index in [2.05, 4.69) is 0 Å². The van der Waals surface area contributed by atoms with Gasteiger partial charge in [-0.2, -0.15) is 0 Å². The Morgan fingerprint density at radius 3 is 2.63 bits per heavy atom. The van der Waals surface area contributed by atoms with E-state index in [4.69, 9.17) is 21.1 Å². The van der Waals surface area contributed by atoms with Crippen LogP contribution in [-0.2, 0) is 9.59 Å². The normalized spacial score (nSPS) is 15.9. The fourth-order valence-corrected chi connectivity index (χ4v) is 3.21. The van der Waals surface area contributed by atoms with Crippen molar-refractivity contribution in [1.29, 1.82) is 0 Å². The highest BCUT2D eigenvalue weighted by Gasteiger charge is 2.34. The Labute approximate surface area is 163 Å². The van der Waals surface area contributed by atoms with Crippen LogP contribution < -0.4 is 14.4 Å². The van der Waals surface area contributed by atoms with Crippen LogP contribution in [0.2, 0.25) is 5.02 Å². The molecule has 0 radical (unpaired) electrons. The zero-order valence-electron chi connectivity index (χ0n) is 15.8. The smallest absolute Gasteiger partial charge is 0.354 e. The second-order valence-electron chi connectivity index (χ2n) is 6.92. The maximum absolute atomic E-state index is 12.8. The van der Waals surface area contributed by atoms with Crippen LogP contribution in [0.25, 0.3) is 0 Å². The number of halogens is 1. The lowest BCUT2D eigenvalue weighted by Gasteiger charge is -2.33. The standard InChI is InChI=1S/C21H22ClNO4/c1-12(2)15-10-16(22)13(3)9-19(15)27-21(25)20-11-23(14(4)24)17-7-5-6-8-18(17)26-20/h5-10,12,20H,11H2,1-4H3. The van der Waals surface area contributed by atoms with Crippen molar-refractivity contribution in [2.75, 3.05) is 11.4 Å². The van der Waals surface area contributed by atoms with Gasteiger partial charge in [-0.15, -0.1) is 0 Å². The molecule has 0 aliphatic carbocycles. The highest BCUT2D eigenvalue weighted by Crippen LogP contribution is 2.35. The number of carbonyl (C=O) groups excluding carboxylic acids is 2. The predicted molar refractivity (Wildman–Crippen MR) is 105 cm³/mol. The molecule has 1 heterocycles.